The highest BCUT2D eigenvalue weighted by Gasteiger charge is 2.12. The van der Waals surface area contributed by atoms with E-state index in [0.29, 0.717) is 11.5 Å². The van der Waals surface area contributed by atoms with Crippen LogP contribution in [-0.2, 0) is 11.3 Å². The van der Waals surface area contributed by atoms with E-state index in [1.165, 1.54) is 11.3 Å². The van der Waals surface area contributed by atoms with Crippen molar-refractivity contribution in [2.45, 2.75) is 39.4 Å². The third kappa shape index (κ3) is 3.59. The van der Waals surface area contributed by atoms with E-state index >= 15 is 0 Å². The normalized spacial score (nSPS) is 12.4. The van der Waals surface area contributed by atoms with Crippen molar-refractivity contribution in [3.8, 4) is 0 Å². The number of amides is 1. The zero-order valence-electron chi connectivity index (χ0n) is 9.66. The van der Waals surface area contributed by atoms with Crippen LogP contribution in [-0.4, -0.2) is 12.0 Å². The standard InChI is InChI=1S/C11H18N2O2S/c1-3-4-8(2)15-7-9-5-6-16-10(9)11(14)13-12/h5-6,8H,3-4,7,12H2,1-2H3,(H,13,14). The summed E-state index contributed by atoms with van der Waals surface area (Å²) in [6.07, 6.45) is 2.35. The maximum absolute atomic E-state index is 11.4. The summed E-state index contributed by atoms with van der Waals surface area (Å²) < 4.78 is 5.65. The number of nitrogens with one attached hydrogen (secondary N) is 1. The molecule has 1 aromatic heterocycles. The van der Waals surface area contributed by atoms with Gasteiger partial charge >= 0.3 is 0 Å². The van der Waals surface area contributed by atoms with E-state index in [1.807, 2.05) is 18.4 Å². The Morgan fingerprint density at radius 1 is 1.69 bits per heavy atom. The number of thiophene rings is 1. The van der Waals surface area contributed by atoms with Crippen LogP contribution in [0.25, 0.3) is 0 Å². The Hall–Kier alpha value is -0.910. The molecule has 0 spiro atoms. The van der Waals surface area contributed by atoms with Crippen molar-refractivity contribution in [3.05, 3.63) is 21.9 Å². The number of carbonyl (C=O) groups excluding carboxylic acids is 1. The second-order valence-electron chi connectivity index (χ2n) is 3.66. The van der Waals surface area contributed by atoms with Gasteiger partial charge < -0.3 is 4.74 Å². The molecule has 1 atom stereocenters. The molecule has 1 rings (SSSR count). The van der Waals surface area contributed by atoms with Crippen LogP contribution in [0, 0.1) is 0 Å². The molecule has 0 bridgehead atoms. The predicted molar refractivity (Wildman–Crippen MR) is 65.1 cm³/mol. The largest absolute Gasteiger partial charge is 0.374 e. The molecule has 1 heterocycles. The maximum atomic E-state index is 11.4. The van der Waals surface area contributed by atoms with Crippen molar-refractivity contribution >= 4 is 17.2 Å². The average molecular weight is 242 g/mol. The van der Waals surface area contributed by atoms with Crippen LogP contribution in [0.1, 0.15) is 41.9 Å². The molecule has 3 N–H and O–H groups in total. The Labute approximate surface area is 99.8 Å². The lowest BCUT2D eigenvalue weighted by molar-refractivity contribution is 0.0467. The molecule has 4 nitrogen and oxygen atoms in total. The van der Waals surface area contributed by atoms with Crippen LogP contribution in [0.4, 0.5) is 0 Å². The third-order valence-electron chi connectivity index (χ3n) is 2.30. The van der Waals surface area contributed by atoms with Crippen LogP contribution in [0.3, 0.4) is 0 Å². The number of carbonyl (C=O) groups is 1. The van der Waals surface area contributed by atoms with Gasteiger partial charge in [-0.2, -0.15) is 0 Å². The van der Waals surface area contributed by atoms with Crippen LogP contribution in [0.2, 0.25) is 0 Å². The Bertz CT molecular complexity index is 338. The van der Waals surface area contributed by atoms with Crippen LogP contribution >= 0.6 is 11.3 Å². The zero-order chi connectivity index (χ0) is 12.0. The van der Waals surface area contributed by atoms with E-state index in [0.717, 1.165) is 18.4 Å². The Morgan fingerprint density at radius 3 is 3.06 bits per heavy atom. The van der Waals surface area contributed by atoms with Crippen LogP contribution in [0.15, 0.2) is 11.4 Å². The molecule has 0 aromatic carbocycles. The summed E-state index contributed by atoms with van der Waals surface area (Å²) in [6, 6.07) is 1.90. The van der Waals surface area contributed by atoms with Crippen molar-refractivity contribution in [3.63, 3.8) is 0 Å². The SMILES string of the molecule is CCCC(C)OCc1ccsc1C(=O)NN. The number of hydrazine groups is 1. The molecular formula is C11H18N2O2S. The van der Waals surface area contributed by atoms with Gasteiger partial charge in [-0.1, -0.05) is 13.3 Å². The van der Waals surface area contributed by atoms with E-state index in [9.17, 15) is 4.79 Å². The highest BCUT2D eigenvalue weighted by Crippen LogP contribution is 2.18. The fourth-order valence-corrected chi connectivity index (χ4v) is 2.25. The van der Waals surface area contributed by atoms with Gasteiger partial charge in [-0.25, -0.2) is 5.84 Å². The van der Waals surface area contributed by atoms with E-state index in [1.54, 1.807) is 0 Å². The molecule has 0 aliphatic heterocycles. The minimum atomic E-state index is -0.253. The molecule has 0 aliphatic carbocycles. The monoisotopic (exact) mass is 242 g/mol. The molecule has 90 valence electrons. The van der Waals surface area contributed by atoms with Crippen LogP contribution in [0.5, 0.6) is 0 Å². The average Bonchev–Trinajstić information content (AvgIpc) is 2.74. The van der Waals surface area contributed by atoms with E-state index in [2.05, 4.69) is 12.3 Å². The predicted octanol–water partition coefficient (Wildman–Crippen LogP) is 2.06. The van der Waals surface area contributed by atoms with E-state index in [4.69, 9.17) is 10.6 Å². The summed E-state index contributed by atoms with van der Waals surface area (Å²) in [5.74, 6) is 4.85. The fraction of sp³-hybridized carbons (Fsp3) is 0.545. The molecule has 1 amide bonds. The van der Waals surface area contributed by atoms with E-state index < -0.39 is 0 Å². The molecule has 16 heavy (non-hydrogen) atoms. The van der Waals surface area contributed by atoms with Gasteiger partial charge in [0.05, 0.1) is 17.6 Å². The topological polar surface area (TPSA) is 64.3 Å². The van der Waals surface area contributed by atoms with Crippen molar-refractivity contribution in [2.75, 3.05) is 0 Å². The first-order chi connectivity index (χ1) is 7.69. The lowest BCUT2D eigenvalue weighted by Crippen LogP contribution is -2.30. The molecule has 0 aliphatic rings. The summed E-state index contributed by atoms with van der Waals surface area (Å²) in [6.45, 7) is 4.63. The molecule has 0 fully saturated rings. The first-order valence-corrected chi connectivity index (χ1v) is 6.25. The summed E-state index contributed by atoms with van der Waals surface area (Å²) in [4.78, 5) is 12.0. The summed E-state index contributed by atoms with van der Waals surface area (Å²) in [7, 11) is 0. The second kappa shape index (κ2) is 6.62. The molecule has 1 unspecified atom stereocenters. The number of ether oxygens (including phenoxy) is 1. The number of hydrogen-bond donors (Lipinski definition) is 2. The van der Waals surface area contributed by atoms with Gasteiger partial charge in [0.1, 0.15) is 0 Å². The van der Waals surface area contributed by atoms with Gasteiger partial charge in [0.25, 0.3) is 5.91 Å². The number of nitrogen functional groups attached to an aromatic ring is 1. The van der Waals surface area contributed by atoms with Crippen molar-refractivity contribution in [1.29, 1.82) is 0 Å². The zero-order valence-corrected chi connectivity index (χ0v) is 10.5. The second-order valence-corrected chi connectivity index (χ2v) is 4.57. The van der Waals surface area contributed by atoms with Gasteiger partial charge in [-0.3, -0.25) is 10.2 Å². The van der Waals surface area contributed by atoms with Crippen LogP contribution < -0.4 is 11.3 Å². The highest BCUT2D eigenvalue weighted by atomic mass is 32.1. The van der Waals surface area contributed by atoms with Crippen molar-refractivity contribution in [1.82, 2.24) is 5.43 Å². The minimum Gasteiger partial charge on any atom is -0.374 e. The third-order valence-corrected chi connectivity index (χ3v) is 3.26. The first-order valence-electron chi connectivity index (χ1n) is 5.38. The Balaban J connectivity index is 2.54. The smallest absolute Gasteiger partial charge is 0.275 e. The molecule has 5 heteroatoms. The quantitative estimate of drug-likeness (QED) is 0.456. The highest BCUT2D eigenvalue weighted by molar-refractivity contribution is 7.12. The van der Waals surface area contributed by atoms with Gasteiger partial charge in [-0.15, -0.1) is 11.3 Å². The minimum absolute atomic E-state index is 0.221. The maximum Gasteiger partial charge on any atom is 0.275 e. The lowest BCUT2D eigenvalue weighted by Gasteiger charge is -2.11. The van der Waals surface area contributed by atoms with Crippen molar-refractivity contribution in [2.24, 2.45) is 5.84 Å². The molecule has 0 saturated heterocycles. The number of hydrogen-bond acceptors (Lipinski definition) is 4. The molecule has 0 radical (unpaired) electrons. The molecule has 0 saturated carbocycles. The first kappa shape index (κ1) is 13.2. The van der Waals surface area contributed by atoms with Gasteiger partial charge in [0.15, 0.2) is 0 Å². The Kier molecular flexibility index (Phi) is 5.45. The lowest BCUT2D eigenvalue weighted by atomic mass is 10.2. The molecular weight excluding hydrogens is 224 g/mol. The van der Waals surface area contributed by atoms with Gasteiger partial charge in [0.2, 0.25) is 0 Å². The fourth-order valence-electron chi connectivity index (χ4n) is 1.44. The molecule has 1 aromatic rings. The summed E-state index contributed by atoms with van der Waals surface area (Å²) in [5, 5.41) is 1.87. The summed E-state index contributed by atoms with van der Waals surface area (Å²) >= 11 is 1.38. The Morgan fingerprint density at radius 2 is 2.44 bits per heavy atom. The van der Waals surface area contributed by atoms with Gasteiger partial charge in [-0.05, 0) is 24.8 Å². The van der Waals surface area contributed by atoms with Gasteiger partial charge in [0, 0.05) is 5.56 Å². The summed E-state index contributed by atoms with van der Waals surface area (Å²) in [5.41, 5.74) is 3.04. The number of rotatable bonds is 6. The number of nitrogens with two attached hydrogens (primary N) is 1. The van der Waals surface area contributed by atoms with Crippen molar-refractivity contribution < 1.29 is 9.53 Å². The van der Waals surface area contributed by atoms with E-state index in [-0.39, 0.29) is 12.0 Å².